The van der Waals surface area contributed by atoms with E-state index in [-0.39, 0.29) is 5.60 Å². The van der Waals surface area contributed by atoms with Crippen LogP contribution in [0.25, 0.3) is 0 Å². The standard InChI is InChI=1S/C18H31N3O2/c1-6-22-11-10-20-17(19-5)21-13-15-8-7-9-16(12-15)14-23-18(2,3)4/h7-9,12H,6,10-11,13-14H2,1-5H3,(H2,19,20,21). The van der Waals surface area contributed by atoms with Gasteiger partial charge < -0.3 is 20.1 Å². The molecule has 0 aliphatic rings. The summed E-state index contributed by atoms with van der Waals surface area (Å²) in [5.41, 5.74) is 2.26. The van der Waals surface area contributed by atoms with Gasteiger partial charge in [0.1, 0.15) is 0 Å². The molecule has 0 aromatic heterocycles. The summed E-state index contributed by atoms with van der Waals surface area (Å²) >= 11 is 0. The van der Waals surface area contributed by atoms with Crippen molar-refractivity contribution in [2.75, 3.05) is 26.8 Å². The van der Waals surface area contributed by atoms with E-state index in [2.05, 4.69) is 60.7 Å². The lowest BCUT2D eigenvalue weighted by molar-refractivity contribution is -0.0149. The summed E-state index contributed by atoms with van der Waals surface area (Å²) in [4.78, 5) is 4.21. The normalized spacial score (nSPS) is 12.3. The second-order valence-corrected chi connectivity index (χ2v) is 6.27. The zero-order valence-electron chi connectivity index (χ0n) is 15.1. The van der Waals surface area contributed by atoms with Crippen LogP contribution in [0.4, 0.5) is 0 Å². The first kappa shape index (κ1) is 19.5. The van der Waals surface area contributed by atoms with Crippen LogP contribution in [-0.4, -0.2) is 38.4 Å². The van der Waals surface area contributed by atoms with Gasteiger partial charge >= 0.3 is 0 Å². The number of nitrogens with zero attached hydrogens (tertiary/aromatic N) is 1. The third-order valence-electron chi connectivity index (χ3n) is 3.09. The van der Waals surface area contributed by atoms with Crippen LogP contribution in [0.1, 0.15) is 38.8 Å². The molecule has 5 heteroatoms. The third kappa shape index (κ3) is 9.21. The van der Waals surface area contributed by atoms with Gasteiger partial charge in [0.25, 0.3) is 0 Å². The summed E-state index contributed by atoms with van der Waals surface area (Å²) in [7, 11) is 1.77. The molecule has 1 aromatic carbocycles. The lowest BCUT2D eigenvalue weighted by Crippen LogP contribution is -2.38. The molecule has 0 radical (unpaired) electrons. The summed E-state index contributed by atoms with van der Waals surface area (Å²) in [5, 5.41) is 6.53. The fourth-order valence-electron chi connectivity index (χ4n) is 1.92. The Hall–Kier alpha value is -1.59. The van der Waals surface area contributed by atoms with E-state index in [0.717, 1.165) is 25.7 Å². The van der Waals surface area contributed by atoms with Gasteiger partial charge in [-0.1, -0.05) is 24.3 Å². The van der Waals surface area contributed by atoms with Gasteiger partial charge in [-0.3, -0.25) is 4.99 Å². The molecule has 0 heterocycles. The number of hydrogen-bond donors (Lipinski definition) is 2. The number of rotatable bonds is 8. The van der Waals surface area contributed by atoms with Crippen LogP contribution in [0.15, 0.2) is 29.3 Å². The molecule has 0 bridgehead atoms. The summed E-state index contributed by atoms with van der Waals surface area (Å²) in [6.45, 7) is 11.7. The molecule has 1 rings (SSSR count). The maximum atomic E-state index is 5.82. The van der Waals surface area contributed by atoms with E-state index in [0.29, 0.717) is 13.2 Å². The van der Waals surface area contributed by atoms with E-state index in [1.807, 2.05) is 6.92 Å². The predicted molar refractivity (Wildman–Crippen MR) is 95.7 cm³/mol. The lowest BCUT2D eigenvalue weighted by Gasteiger charge is -2.19. The molecule has 23 heavy (non-hydrogen) atoms. The summed E-state index contributed by atoms with van der Waals surface area (Å²) in [6, 6.07) is 8.40. The molecule has 0 spiro atoms. The molecule has 0 saturated heterocycles. The minimum Gasteiger partial charge on any atom is -0.380 e. The molecule has 0 amide bonds. The molecule has 0 saturated carbocycles. The average Bonchev–Trinajstić information content (AvgIpc) is 2.52. The number of aliphatic imine (C=N–C) groups is 1. The number of hydrogen-bond acceptors (Lipinski definition) is 3. The maximum Gasteiger partial charge on any atom is 0.191 e. The molecular weight excluding hydrogens is 290 g/mol. The molecule has 0 unspecified atom stereocenters. The van der Waals surface area contributed by atoms with Gasteiger partial charge in [-0.15, -0.1) is 0 Å². The van der Waals surface area contributed by atoms with Crippen LogP contribution >= 0.6 is 0 Å². The third-order valence-corrected chi connectivity index (χ3v) is 3.09. The Balaban J connectivity index is 2.44. The molecule has 1 aromatic rings. The van der Waals surface area contributed by atoms with Gasteiger partial charge in [0.05, 0.1) is 18.8 Å². The maximum absolute atomic E-state index is 5.82. The van der Waals surface area contributed by atoms with E-state index in [9.17, 15) is 0 Å². The summed E-state index contributed by atoms with van der Waals surface area (Å²) in [5.74, 6) is 0.779. The van der Waals surface area contributed by atoms with E-state index in [1.54, 1.807) is 7.05 Å². The quantitative estimate of drug-likeness (QED) is 0.439. The predicted octanol–water partition coefficient (Wildman–Crippen LogP) is 2.70. The summed E-state index contributed by atoms with van der Waals surface area (Å²) in [6.07, 6.45) is 0. The first-order valence-electron chi connectivity index (χ1n) is 8.18. The van der Waals surface area contributed by atoms with Crippen LogP contribution in [0.2, 0.25) is 0 Å². The van der Waals surface area contributed by atoms with E-state index in [1.165, 1.54) is 11.1 Å². The Morgan fingerprint density at radius 1 is 1.17 bits per heavy atom. The van der Waals surface area contributed by atoms with Gasteiger partial charge in [0.15, 0.2) is 5.96 Å². The van der Waals surface area contributed by atoms with Gasteiger partial charge in [-0.25, -0.2) is 0 Å². The van der Waals surface area contributed by atoms with Crippen LogP contribution in [0.5, 0.6) is 0 Å². The minimum atomic E-state index is -0.124. The molecule has 130 valence electrons. The van der Waals surface area contributed by atoms with E-state index in [4.69, 9.17) is 9.47 Å². The SMILES string of the molecule is CCOCCNC(=NC)NCc1cccc(COC(C)(C)C)c1. The van der Waals surface area contributed by atoms with Crippen molar-refractivity contribution in [1.82, 2.24) is 10.6 Å². The Kier molecular flexibility index (Phi) is 8.66. The number of benzene rings is 1. The number of ether oxygens (including phenoxy) is 2. The molecule has 2 N–H and O–H groups in total. The molecule has 5 nitrogen and oxygen atoms in total. The second kappa shape index (κ2) is 10.2. The van der Waals surface area contributed by atoms with Crippen molar-refractivity contribution < 1.29 is 9.47 Å². The monoisotopic (exact) mass is 321 g/mol. The highest BCUT2D eigenvalue weighted by atomic mass is 16.5. The first-order chi connectivity index (χ1) is 10.9. The van der Waals surface area contributed by atoms with Crippen molar-refractivity contribution in [1.29, 1.82) is 0 Å². The lowest BCUT2D eigenvalue weighted by atomic mass is 10.1. The van der Waals surface area contributed by atoms with Gasteiger partial charge in [-0.05, 0) is 38.8 Å². The first-order valence-corrected chi connectivity index (χ1v) is 8.18. The summed E-state index contributed by atoms with van der Waals surface area (Å²) < 4.78 is 11.1. The molecular formula is C18H31N3O2. The second-order valence-electron chi connectivity index (χ2n) is 6.27. The zero-order chi connectivity index (χ0) is 17.1. The fraction of sp³-hybridized carbons (Fsp3) is 0.611. The van der Waals surface area contributed by atoms with Crippen molar-refractivity contribution in [3.63, 3.8) is 0 Å². The average molecular weight is 321 g/mol. The van der Waals surface area contributed by atoms with Gasteiger partial charge in [-0.2, -0.15) is 0 Å². The van der Waals surface area contributed by atoms with Crippen molar-refractivity contribution in [3.05, 3.63) is 35.4 Å². The largest absolute Gasteiger partial charge is 0.380 e. The van der Waals surface area contributed by atoms with Crippen molar-refractivity contribution >= 4 is 5.96 Å². The Bertz CT molecular complexity index is 481. The van der Waals surface area contributed by atoms with E-state index < -0.39 is 0 Å². The Labute approximate surface area is 140 Å². The highest BCUT2D eigenvalue weighted by Crippen LogP contribution is 2.13. The molecule has 0 aliphatic carbocycles. The van der Waals surface area contributed by atoms with Crippen molar-refractivity contribution in [2.24, 2.45) is 4.99 Å². The van der Waals surface area contributed by atoms with Crippen LogP contribution in [0, 0.1) is 0 Å². The highest BCUT2D eigenvalue weighted by molar-refractivity contribution is 5.79. The number of nitrogens with one attached hydrogen (secondary N) is 2. The molecule has 0 atom stereocenters. The minimum absolute atomic E-state index is 0.124. The van der Waals surface area contributed by atoms with E-state index >= 15 is 0 Å². The fourth-order valence-corrected chi connectivity index (χ4v) is 1.92. The number of guanidine groups is 1. The van der Waals surface area contributed by atoms with Crippen molar-refractivity contribution in [3.8, 4) is 0 Å². The van der Waals surface area contributed by atoms with Crippen molar-refractivity contribution in [2.45, 2.75) is 46.4 Å². The Morgan fingerprint density at radius 2 is 1.91 bits per heavy atom. The van der Waals surface area contributed by atoms with Crippen LogP contribution in [0.3, 0.4) is 0 Å². The van der Waals surface area contributed by atoms with Gasteiger partial charge in [0, 0.05) is 26.7 Å². The van der Waals surface area contributed by atoms with Crippen LogP contribution in [-0.2, 0) is 22.6 Å². The molecule has 0 aliphatic heterocycles. The molecule has 0 fully saturated rings. The topological polar surface area (TPSA) is 54.9 Å². The van der Waals surface area contributed by atoms with Crippen LogP contribution < -0.4 is 10.6 Å². The smallest absolute Gasteiger partial charge is 0.191 e. The van der Waals surface area contributed by atoms with Gasteiger partial charge in [0.2, 0.25) is 0 Å². The Morgan fingerprint density at radius 3 is 2.57 bits per heavy atom. The zero-order valence-corrected chi connectivity index (χ0v) is 15.1. The highest BCUT2D eigenvalue weighted by Gasteiger charge is 2.10.